The molecule has 0 bridgehead atoms. The maximum Gasteiger partial charge on any atom is 0.128 e. The largest absolute Gasteiger partial charge is 0.355 e. The number of anilines is 1. The molecule has 4 nitrogen and oxygen atoms in total. The lowest BCUT2D eigenvalue weighted by Gasteiger charge is -2.27. The fraction of sp³-hybridized carbons (Fsp3) is 0.615. The molecule has 1 N–H and O–H groups in total. The van der Waals surface area contributed by atoms with Crippen molar-refractivity contribution in [1.29, 1.82) is 0 Å². The van der Waals surface area contributed by atoms with Crippen molar-refractivity contribution in [3.63, 3.8) is 0 Å². The molecule has 1 fully saturated rings. The third-order valence-corrected chi connectivity index (χ3v) is 4.52. The van der Waals surface area contributed by atoms with Crippen LogP contribution < -0.4 is 10.2 Å². The zero-order valence-electron chi connectivity index (χ0n) is 11.1. The van der Waals surface area contributed by atoms with Crippen molar-refractivity contribution in [1.82, 2.24) is 10.3 Å². The standard InChI is InChI=1S/C13H21N3OS/c1-3-14-10-12-4-5-13(15-11(12)2)16-6-8-18(17)9-7-16/h4-5,14H,3,6-10H2,1-2H3. The summed E-state index contributed by atoms with van der Waals surface area (Å²) in [4.78, 5) is 6.89. The van der Waals surface area contributed by atoms with Gasteiger partial charge in [0.25, 0.3) is 0 Å². The van der Waals surface area contributed by atoms with Crippen molar-refractivity contribution < 1.29 is 4.21 Å². The summed E-state index contributed by atoms with van der Waals surface area (Å²) in [6.07, 6.45) is 0. The fourth-order valence-corrected chi connectivity index (χ4v) is 3.12. The summed E-state index contributed by atoms with van der Waals surface area (Å²) >= 11 is 0. The molecule has 0 atom stereocenters. The number of aryl methyl sites for hydroxylation is 1. The Balaban J connectivity index is 2.06. The molecule has 0 saturated carbocycles. The monoisotopic (exact) mass is 267 g/mol. The summed E-state index contributed by atoms with van der Waals surface area (Å²) in [5.74, 6) is 2.55. The molecule has 5 heteroatoms. The average molecular weight is 267 g/mol. The van der Waals surface area contributed by atoms with E-state index in [0.717, 1.165) is 49.2 Å². The van der Waals surface area contributed by atoms with E-state index in [1.807, 2.05) is 0 Å². The van der Waals surface area contributed by atoms with Gasteiger partial charge < -0.3 is 10.2 Å². The van der Waals surface area contributed by atoms with E-state index in [4.69, 9.17) is 0 Å². The van der Waals surface area contributed by atoms with Crippen LogP contribution in [0.5, 0.6) is 0 Å². The summed E-state index contributed by atoms with van der Waals surface area (Å²) in [5.41, 5.74) is 2.33. The Labute approximate surface area is 111 Å². The van der Waals surface area contributed by atoms with Crippen LogP contribution >= 0.6 is 0 Å². The molecule has 0 spiro atoms. The van der Waals surface area contributed by atoms with Crippen molar-refractivity contribution in [2.45, 2.75) is 20.4 Å². The van der Waals surface area contributed by atoms with Crippen LogP contribution in [0.15, 0.2) is 12.1 Å². The first-order chi connectivity index (χ1) is 8.70. The van der Waals surface area contributed by atoms with Gasteiger partial charge in [0, 0.05) is 47.6 Å². The SMILES string of the molecule is CCNCc1ccc(N2CCS(=O)CC2)nc1C. The summed E-state index contributed by atoms with van der Waals surface area (Å²) in [6.45, 7) is 7.71. The van der Waals surface area contributed by atoms with E-state index in [9.17, 15) is 4.21 Å². The van der Waals surface area contributed by atoms with Gasteiger partial charge in [-0.15, -0.1) is 0 Å². The summed E-state index contributed by atoms with van der Waals surface area (Å²) in [7, 11) is -0.628. The highest BCUT2D eigenvalue weighted by Crippen LogP contribution is 2.16. The zero-order valence-corrected chi connectivity index (χ0v) is 11.9. The molecule has 1 aromatic heterocycles. The Hall–Kier alpha value is -0.940. The van der Waals surface area contributed by atoms with E-state index in [-0.39, 0.29) is 0 Å². The molecule has 100 valence electrons. The second-order valence-electron chi connectivity index (χ2n) is 4.53. The summed E-state index contributed by atoms with van der Waals surface area (Å²) in [6, 6.07) is 4.22. The molecular formula is C13H21N3OS. The average Bonchev–Trinajstić information content (AvgIpc) is 2.38. The van der Waals surface area contributed by atoms with E-state index in [1.165, 1.54) is 5.56 Å². The quantitative estimate of drug-likeness (QED) is 0.886. The third-order valence-electron chi connectivity index (χ3n) is 3.25. The van der Waals surface area contributed by atoms with E-state index >= 15 is 0 Å². The Morgan fingerprint density at radius 2 is 2.11 bits per heavy atom. The van der Waals surface area contributed by atoms with E-state index in [2.05, 4.69) is 41.2 Å². The lowest BCUT2D eigenvalue weighted by molar-refractivity contribution is 0.672. The molecule has 0 amide bonds. The van der Waals surface area contributed by atoms with E-state index in [1.54, 1.807) is 0 Å². The van der Waals surface area contributed by atoms with Crippen LogP contribution in [0.4, 0.5) is 5.82 Å². The van der Waals surface area contributed by atoms with Crippen LogP contribution in [0.1, 0.15) is 18.2 Å². The van der Waals surface area contributed by atoms with Crippen LogP contribution in [0.2, 0.25) is 0 Å². The molecule has 1 aromatic rings. The molecule has 0 aromatic carbocycles. The van der Waals surface area contributed by atoms with Crippen LogP contribution in [0.3, 0.4) is 0 Å². The number of aromatic nitrogens is 1. The minimum atomic E-state index is -0.628. The summed E-state index contributed by atoms with van der Waals surface area (Å²) < 4.78 is 11.3. The fourth-order valence-electron chi connectivity index (χ4n) is 2.07. The lowest BCUT2D eigenvalue weighted by atomic mass is 10.2. The van der Waals surface area contributed by atoms with Crippen LogP contribution in [-0.4, -0.2) is 40.3 Å². The maximum atomic E-state index is 11.3. The van der Waals surface area contributed by atoms with Crippen molar-refractivity contribution in [3.05, 3.63) is 23.4 Å². The number of hydrogen-bond acceptors (Lipinski definition) is 4. The van der Waals surface area contributed by atoms with Gasteiger partial charge >= 0.3 is 0 Å². The third kappa shape index (κ3) is 3.29. The smallest absolute Gasteiger partial charge is 0.128 e. The second-order valence-corrected chi connectivity index (χ2v) is 6.23. The molecule has 1 saturated heterocycles. The molecule has 1 aliphatic rings. The number of nitrogens with zero attached hydrogens (tertiary/aromatic N) is 2. The Morgan fingerprint density at radius 1 is 1.39 bits per heavy atom. The van der Waals surface area contributed by atoms with Gasteiger partial charge in [0.05, 0.1) is 0 Å². The topological polar surface area (TPSA) is 45.2 Å². The molecule has 2 rings (SSSR count). The number of hydrogen-bond donors (Lipinski definition) is 1. The molecule has 18 heavy (non-hydrogen) atoms. The molecule has 0 aliphatic carbocycles. The predicted octanol–water partition coefficient (Wildman–Crippen LogP) is 1.07. The van der Waals surface area contributed by atoms with Crippen LogP contribution in [0.25, 0.3) is 0 Å². The van der Waals surface area contributed by atoms with Gasteiger partial charge in [-0.2, -0.15) is 0 Å². The molecule has 0 unspecified atom stereocenters. The van der Waals surface area contributed by atoms with Gasteiger partial charge in [-0.25, -0.2) is 4.98 Å². The van der Waals surface area contributed by atoms with Gasteiger partial charge in [0.1, 0.15) is 5.82 Å². The van der Waals surface area contributed by atoms with Crippen molar-refractivity contribution >= 4 is 16.6 Å². The van der Waals surface area contributed by atoms with E-state index in [0.29, 0.717) is 0 Å². The van der Waals surface area contributed by atoms with E-state index < -0.39 is 10.8 Å². The van der Waals surface area contributed by atoms with Gasteiger partial charge in [-0.3, -0.25) is 4.21 Å². The first-order valence-corrected chi connectivity index (χ1v) is 7.96. The first kappa shape index (κ1) is 13.5. The van der Waals surface area contributed by atoms with Crippen LogP contribution in [0, 0.1) is 6.92 Å². The number of nitrogens with one attached hydrogen (secondary N) is 1. The highest BCUT2D eigenvalue weighted by molar-refractivity contribution is 7.85. The van der Waals surface area contributed by atoms with Gasteiger partial charge in [0.15, 0.2) is 0 Å². The lowest BCUT2D eigenvalue weighted by Crippen LogP contribution is -2.38. The van der Waals surface area contributed by atoms with Crippen molar-refractivity contribution in [3.8, 4) is 0 Å². The van der Waals surface area contributed by atoms with Gasteiger partial charge in [0.2, 0.25) is 0 Å². The molecule has 2 heterocycles. The highest BCUT2D eigenvalue weighted by Gasteiger charge is 2.16. The Bertz CT molecular complexity index is 426. The predicted molar refractivity (Wildman–Crippen MR) is 76.4 cm³/mol. The first-order valence-electron chi connectivity index (χ1n) is 6.48. The number of rotatable bonds is 4. The van der Waals surface area contributed by atoms with Crippen molar-refractivity contribution in [2.24, 2.45) is 0 Å². The van der Waals surface area contributed by atoms with Crippen molar-refractivity contribution in [2.75, 3.05) is 36.0 Å². The zero-order chi connectivity index (χ0) is 13.0. The minimum absolute atomic E-state index is 0.628. The van der Waals surface area contributed by atoms with Crippen LogP contribution in [-0.2, 0) is 17.3 Å². The molecule has 1 aliphatic heterocycles. The summed E-state index contributed by atoms with van der Waals surface area (Å²) in [5, 5.41) is 3.32. The molecule has 0 radical (unpaired) electrons. The normalized spacial score (nSPS) is 17.1. The second kappa shape index (κ2) is 6.29. The maximum absolute atomic E-state index is 11.3. The van der Waals surface area contributed by atoms with Gasteiger partial charge in [-0.1, -0.05) is 13.0 Å². The Morgan fingerprint density at radius 3 is 2.72 bits per heavy atom. The highest BCUT2D eigenvalue weighted by atomic mass is 32.2. The number of pyridine rings is 1. The Kier molecular flexibility index (Phi) is 4.72. The minimum Gasteiger partial charge on any atom is -0.355 e. The van der Waals surface area contributed by atoms with Gasteiger partial charge in [-0.05, 0) is 25.1 Å². The molecular weight excluding hydrogens is 246 g/mol.